The summed E-state index contributed by atoms with van der Waals surface area (Å²) in [4.78, 5) is 30.3. The Bertz CT molecular complexity index is 1090. The van der Waals surface area contributed by atoms with Gasteiger partial charge in [-0.05, 0) is 50.6 Å². The monoisotopic (exact) mass is 420 g/mol. The third-order valence-electron chi connectivity index (χ3n) is 4.35. The van der Waals surface area contributed by atoms with Gasteiger partial charge in [0.15, 0.2) is 0 Å². The summed E-state index contributed by atoms with van der Waals surface area (Å²) >= 11 is 1.12. The van der Waals surface area contributed by atoms with Crippen molar-refractivity contribution in [3.8, 4) is 5.75 Å². The maximum atomic E-state index is 13.0. The number of benzene rings is 1. The average molecular weight is 420 g/mol. The van der Waals surface area contributed by atoms with Crippen LogP contribution in [0.5, 0.6) is 5.75 Å². The third-order valence-corrected chi connectivity index (χ3v) is 5.52. The predicted octanol–water partition coefficient (Wildman–Crippen LogP) is 2.83. The number of nitrogens with zero attached hydrogens (tertiary/aromatic N) is 2. The molecule has 0 spiro atoms. The second-order valence-corrected chi connectivity index (χ2v) is 7.45. The molecule has 7 nitrogen and oxygen atoms in total. The van der Waals surface area contributed by atoms with Gasteiger partial charge >= 0.3 is 5.97 Å². The van der Waals surface area contributed by atoms with Crippen molar-refractivity contribution in [2.24, 2.45) is 0 Å². The average Bonchev–Trinajstić information content (AvgIpc) is 3.01. The minimum Gasteiger partial charge on any atom is -0.491 e. The van der Waals surface area contributed by atoms with Crippen molar-refractivity contribution < 1.29 is 23.8 Å². The first-order valence-corrected chi connectivity index (χ1v) is 9.87. The highest BCUT2D eigenvalue weighted by Crippen LogP contribution is 2.28. The maximum Gasteiger partial charge on any atom is 0.348 e. The van der Waals surface area contributed by atoms with Gasteiger partial charge in [0.1, 0.15) is 39.8 Å². The maximum absolute atomic E-state index is 13.0. The van der Waals surface area contributed by atoms with Crippen LogP contribution in [0.3, 0.4) is 0 Å². The van der Waals surface area contributed by atoms with Crippen molar-refractivity contribution >= 4 is 27.5 Å². The quantitative estimate of drug-likeness (QED) is 0.591. The fourth-order valence-electron chi connectivity index (χ4n) is 2.91. The van der Waals surface area contributed by atoms with Crippen LogP contribution in [0.2, 0.25) is 0 Å². The Kier molecular flexibility index (Phi) is 6.29. The fraction of sp³-hybridized carbons (Fsp3) is 0.350. The van der Waals surface area contributed by atoms with Crippen LogP contribution in [0, 0.1) is 19.7 Å². The zero-order valence-electron chi connectivity index (χ0n) is 16.3. The highest BCUT2D eigenvalue weighted by molar-refractivity contribution is 7.20. The lowest BCUT2D eigenvalue weighted by atomic mass is 10.2. The van der Waals surface area contributed by atoms with Gasteiger partial charge in [-0.15, -0.1) is 11.3 Å². The largest absolute Gasteiger partial charge is 0.491 e. The summed E-state index contributed by atoms with van der Waals surface area (Å²) in [6.45, 7) is 5.19. The molecule has 0 amide bonds. The molecule has 3 aromatic rings. The smallest absolute Gasteiger partial charge is 0.348 e. The zero-order valence-corrected chi connectivity index (χ0v) is 17.1. The molecule has 1 N–H and O–H groups in total. The number of ether oxygens (including phenoxy) is 2. The minimum atomic E-state index is -0.987. The number of hydrogen-bond donors (Lipinski definition) is 1. The van der Waals surface area contributed by atoms with E-state index in [9.17, 15) is 19.1 Å². The van der Waals surface area contributed by atoms with Gasteiger partial charge in [0.2, 0.25) is 0 Å². The normalized spacial score (nSPS) is 12.2. The zero-order chi connectivity index (χ0) is 21.1. The van der Waals surface area contributed by atoms with Gasteiger partial charge in [-0.1, -0.05) is 0 Å². The molecule has 1 aromatic carbocycles. The van der Waals surface area contributed by atoms with E-state index in [-0.39, 0.29) is 31.1 Å². The van der Waals surface area contributed by atoms with E-state index in [1.54, 1.807) is 20.8 Å². The number of halogens is 1. The van der Waals surface area contributed by atoms with Crippen LogP contribution in [-0.4, -0.2) is 39.9 Å². The summed E-state index contributed by atoms with van der Waals surface area (Å²) in [6.07, 6.45) is -0.987. The van der Waals surface area contributed by atoms with Crippen LogP contribution >= 0.6 is 11.3 Å². The fourth-order valence-corrected chi connectivity index (χ4v) is 4.02. The molecule has 154 valence electrons. The number of carbonyl (C=O) groups is 1. The molecular formula is C20H21FN2O5S. The number of aliphatic hydroxyl groups excluding tert-OH is 1. The highest BCUT2D eigenvalue weighted by atomic mass is 32.1. The van der Waals surface area contributed by atoms with Crippen molar-refractivity contribution in [1.82, 2.24) is 9.55 Å². The lowest BCUT2D eigenvalue weighted by molar-refractivity contribution is 0.0531. The number of fused-ring (bicyclic) bond motifs is 1. The molecule has 2 aromatic heterocycles. The van der Waals surface area contributed by atoms with Gasteiger partial charge in [-0.3, -0.25) is 9.36 Å². The van der Waals surface area contributed by atoms with Crippen LogP contribution in [0.15, 0.2) is 29.1 Å². The standard InChI is InChI=1S/C20H21FN2O5S/c1-4-27-20(26)17-11(2)16-18(29-17)22-12(3)23(19(16)25)9-14(24)10-28-15-7-5-13(21)6-8-15/h5-8,14,24H,4,9-10H2,1-3H3/t14-/m0/s1. The van der Waals surface area contributed by atoms with E-state index in [0.29, 0.717) is 32.2 Å². The number of thiophene rings is 1. The molecular weight excluding hydrogens is 399 g/mol. The lowest BCUT2D eigenvalue weighted by Crippen LogP contribution is -2.32. The van der Waals surface area contributed by atoms with E-state index in [0.717, 1.165) is 11.3 Å². The third kappa shape index (κ3) is 4.46. The molecule has 0 bridgehead atoms. The Morgan fingerprint density at radius 3 is 2.66 bits per heavy atom. The van der Waals surface area contributed by atoms with Gasteiger partial charge in [0.05, 0.1) is 18.5 Å². The summed E-state index contributed by atoms with van der Waals surface area (Å²) in [7, 11) is 0. The molecule has 3 rings (SSSR count). The van der Waals surface area contributed by atoms with Gasteiger partial charge in [-0.25, -0.2) is 14.2 Å². The first-order valence-electron chi connectivity index (χ1n) is 9.05. The van der Waals surface area contributed by atoms with Crippen LogP contribution in [0.25, 0.3) is 10.2 Å². The number of hydrogen-bond acceptors (Lipinski definition) is 7. The molecule has 0 saturated heterocycles. The molecule has 0 aliphatic rings. The molecule has 2 heterocycles. The number of aromatic nitrogens is 2. The molecule has 0 saturated carbocycles. The second kappa shape index (κ2) is 8.71. The predicted molar refractivity (Wildman–Crippen MR) is 107 cm³/mol. The molecule has 0 unspecified atom stereocenters. The van der Waals surface area contributed by atoms with Crippen molar-refractivity contribution in [3.63, 3.8) is 0 Å². The highest BCUT2D eigenvalue weighted by Gasteiger charge is 2.22. The first kappa shape index (κ1) is 20.9. The van der Waals surface area contributed by atoms with Gasteiger partial charge in [0, 0.05) is 0 Å². The molecule has 1 atom stereocenters. The minimum absolute atomic E-state index is 0.0289. The van der Waals surface area contributed by atoms with Crippen molar-refractivity contribution in [3.05, 3.63) is 56.7 Å². The van der Waals surface area contributed by atoms with Gasteiger partial charge in [-0.2, -0.15) is 0 Å². The summed E-state index contributed by atoms with van der Waals surface area (Å²) in [5.41, 5.74) is 0.185. The molecule has 0 aliphatic heterocycles. The SMILES string of the molecule is CCOC(=O)c1sc2nc(C)n(C[C@H](O)COc3ccc(F)cc3)c(=O)c2c1C. The number of aliphatic hydroxyl groups is 1. The lowest BCUT2D eigenvalue weighted by Gasteiger charge is -2.15. The van der Waals surface area contributed by atoms with Crippen LogP contribution < -0.4 is 10.3 Å². The van der Waals surface area contributed by atoms with Crippen molar-refractivity contribution in [1.29, 1.82) is 0 Å². The summed E-state index contributed by atoms with van der Waals surface area (Å²) in [5, 5.41) is 10.7. The van der Waals surface area contributed by atoms with E-state index in [4.69, 9.17) is 9.47 Å². The Morgan fingerprint density at radius 1 is 1.31 bits per heavy atom. The number of rotatable bonds is 7. The van der Waals surface area contributed by atoms with Crippen molar-refractivity contribution in [2.45, 2.75) is 33.4 Å². The van der Waals surface area contributed by atoms with Crippen LogP contribution in [-0.2, 0) is 11.3 Å². The molecule has 29 heavy (non-hydrogen) atoms. The first-order chi connectivity index (χ1) is 13.8. The second-order valence-electron chi connectivity index (χ2n) is 6.45. The molecule has 9 heteroatoms. The molecule has 0 fully saturated rings. The van der Waals surface area contributed by atoms with Crippen LogP contribution in [0.4, 0.5) is 4.39 Å². The van der Waals surface area contributed by atoms with Crippen LogP contribution in [0.1, 0.15) is 28.0 Å². The summed E-state index contributed by atoms with van der Waals surface area (Å²) < 4.78 is 24.8. The van der Waals surface area contributed by atoms with Crippen molar-refractivity contribution in [2.75, 3.05) is 13.2 Å². The molecule has 0 aliphatic carbocycles. The summed E-state index contributed by atoms with van der Waals surface area (Å²) in [6, 6.07) is 5.43. The Balaban J connectivity index is 1.83. The van der Waals surface area contributed by atoms with Gasteiger partial charge < -0.3 is 14.6 Å². The van der Waals surface area contributed by atoms with E-state index < -0.39 is 12.1 Å². The number of esters is 1. The van der Waals surface area contributed by atoms with E-state index in [2.05, 4.69) is 4.98 Å². The number of aryl methyl sites for hydroxylation is 2. The Morgan fingerprint density at radius 2 is 2.00 bits per heavy atom. The number of carbonyl (C=O) groups excluding carboxylic acids is 1. The Hall–Kier alpha value is -2.78. The Labute approximate surface area is 170 Å². The molecule has 0 radical (unpaired) electrons. The van der Waals surface area contributed by atoms with E-state index in [1.165, 1.54) is 28.8 Å². The van der Waals surface area contributed by atoms with E-state index >= 15 is 0 Å². The topological polar surface area (TPSA) is 90.7 Å². The summed E-state index contributed by atoms with van der Waals surface area (Å²) in [5.74, 6) is -0.0343. The van der Waals surface area contributed by atoms with E-state index in [1.807, 2.05) is 0 Å². The van der Waals surface area contributed by atoms with Gasteiger partial charge in [0.25, 0.3) is 5.56 Å².